The molecular weight excluding hydrogens is 284 g/mol. The van der Waals surface area contributed by atoms with E-state index in [-0.39, 0.29) is 6.61 Å². The Kier molecular flexibility index (Phi) is 5.17. The molecule has 0 spiro atoms. The minimum absolute atomic E-state index is 0.113. The fourth-order valence-electron chi connectivity index (χ4n) is 2.22. The Morgan fingerprint density at radius 3 is 3.00 bits per heavy atom. The van der Waals surface area contributed by atoms with E-state index >= 15 is 0 Å². The van der Waals surface area contributed by atoms with Crippen molar-refractivity contribution in [3.05, 3.63) is 24.2 Å². The summed E-state index contributed by atoms with van der Waals surface area (Å²) in [5, 5.41) is 0.832. The van der Waals surface area contributed by atoms with Crippen LogP contribution < -0.4 is 4.72 Å². The van der Waals surface area contributed by atoms with E-state index in [0.29, 0.717) is 25.3 Å². The van der Waals surface area contributed by atoms with Crippen molar-refractivity contribution in [3.8, 4) is 0 Å². The normalized spacial score (nSPS) is 24.3. The predicted octanol–water partition coefficient (Wildman–Crippen LogP) is 0.522. The van der Waals surface area contributed by atoms with Crippen molar-refractivity contribution in [3.63, 3.8) is 0 Å². The number of nitrogens with one attached hydrogen (secondary N) is 1. The molecule has 1 fully saturated rings. The van der Waals surface area contributed by atoms with Crippen LogP contribution >= 0.6 is 0 Å². The molecule has 1 N–H and O–H groups in total. The van der Waals surface area contributed by atoms with Crippen LogP contribution in [-0.2, 0) is 19.6 Å². The zero-order chi connectivity index (χ0) is 14.6. The van der Waals surface area contributed by atoms with Gasteiger partial charge in [0.2, 0.25) is 10.0 Å². The Bertz CT molecular complexity index is 502. The molecule has 20 heavy (non-hydrogen) atoms. The monoisotopic (exact) mass is 304 g/mol. The Balaban J connectivity index is 2.06. The number of nitrogens with zero attached hydrogens (tertiary/aromatic N) is 1. The van der Waals surface area contributed by atoms with Gasteiger partial charge in [0.1, 0.15) is 17.1 Å². The summed E-state index contributed by atoms with van der Waals surface area (Å²) >= 11 is 0. The quantitative estimate of drug-likeness (QED) is 0.740. The smallest absolute Gasteiger partial charge is 0.218 e. The number of hydroxylamine groups is 2. The Morgan fingerprint density at radius 2 is 2.35 bits per heavy atom. The first-order chi connectivity index (χ1) is 9.56. The molecule has 8 heteroatoms. The van der Waals surface area contributed by atoms with E-state index in [9.17, 15) is 8.42 Å². The van der Waals surface area contributed by atoms with Gasteiger partial charge >= 0.3 is 0 Å². The number of furan rings is 1. The lowest BCUT2D eigenvalue weighted by Gasteiger charge is -2.20. The standard InChI is InChI=1S/C12H20N2O5S/c1-14-12(10-5-3-8-18-10)11(9-19-14)20(15,16)13-6-4-7-17-2/h3,5,8,11-13H,4,6-7,9H2,1-2H3. The lowest BCUT2D eigenvalue weighted by Crippen LogP contribution is -2.39. The first-order valence-corrected chi connectivity index (χ1v) is 7.97. The van der Waals surface area contributed by atoms with E-state index in [0.717, 1.165) is 0 Å². The van der Waals surface area contributed by atoms with Gasteiger partial charge in [0, 0.05) is 27.3 Å². The van der Waals surface area contributed by atoms with Crippen molar-refractivity contribution in [2.24, 2.45) is 0 Å². The molecule has 0 bridgehead atoms. The Morgan fingerprint density at radius 1 is 1.55 bits per heavy atom. The molecule has 1 aromatic heterocycles. The minimum Gasteiger partial charge on any atom is -0.468 e. The molecule has 1 saturated heterocycles. The predicted molar refractivity (Wildman–Crippen MR) is 72.4 cm³/mol. The van der Waals surface area contributed by atoms with Crippen LogP contribution in [0.15, 0.2) is 22.8 Å². The van der Waals surface area contributed by atoms with Gasteiger partial charge in [0.15, 0.2) is 0 Å². The molecule has 0 radical (unpaired) electrons. The van der Waals surface area contributed by atoms with Crippen LogP contribution in [0.1, 0.15) is 18.2 Å². The largest absolute Gasteiger partial charge is 0.468 e. The highest BCUT2D eigenvalue weighted by molar-refractivity contribution is 7.90. The zero-order valence-electron chi connectivity index (χ0n) is 11.6. The summed E-state index contributed by atoms with van der Waals surface area (Å²) in [4.78, 5) is 5.35. The molecule has 0 amide bonds. The third kappa shape index (κ3) is 3.39. The van der Waals surface area contributed by atoms with Crippen molar-refractivity contribution in [1.82, 2.24) is 9.79 Å². The van der Waals surface area contributed by atoms with E-state index in [1.54, 1.807) is 26.3 Å². The van der Waals surface area contributed by atoms with E-state index in [1.807, 2.05) is 0 Å². The molecule has 2 rings (SSSR count). The second kappa shape index (κ2) is 6.68. The van der Waals surface area contributed by atoms with Crippen LogP contribution in [0, 0.1) is 0 Å². The molecule has 1 aliphatic heterocycles. The summed E-state index contributed by atoms with van der Waals surface area (Å²) in [6.45, 7) is 0.980. The van der Waals surface area contributed by atoms with Crippen molar-refractivity contribution < 1.29 is 22.4 Å². The van der Waals surface area contributed by atoms with E-state index in [1.165, 1.54) is 11.3 Å². The fraction of sp³-hybridized carbons (Fsp3) is 0.667. The van der Waals surface area contributed by atoms with Crippen molar-refractivity contribution >= 4 is 10.0 Å². The average molecular weight is 304 g/mol. The van der Waals surface area contributed by atoms with Gasteiger partial charge in [0.05, 0.1) is 12.9 Å². The van der Waals surface area contributed by atoms with Gasteiger partial charge in [-0.25, -0.2) is 13.1 Å². The molecule has 2 unspecified atom stereocenters. The number of hydrogen-bond acceptors (Lipinski definition) is 6. The highest BCUT2D eigenvalue weighted by atomic mass is 32.2. The number of sulfonamides is 1. The second-order valence-corrected chi connectivity index (χ2v) is 6.61. The number of hydrogen-bond donors (Lipinski definition) is 1. The molecule has 1 aromatic rings. The summed E-state index contributed by atoms with van der Waals surface area (Å²) in [5.74, 6) is 0.581. The number of rotatable bonds is 7. The van der Waals surface area contributed by atoms with Crippen LogP contribution in [0.4, 0.5) is 0 Å². The molecule has 2 heterocycles. The Hall–Kier alpha value is -0.930. The van der Waals surface area contributed by atoms with Crippen LogP contribution in [0.2, 0.25) is 0 Å². The van der Waals surface area contributed by atoms with E-state index in [2.05, 4.69) is 4.72 Å². The lowest BCUT2D eigenvalue weighted by molar-refractivity contribution is -0.113. The maximum atomic E-state index is 12.3. The maximum Gasteiger partial charge on any atom is 0.218 e. The first kappa shape index (κ1) is 15.5. The topological polar surface area (TPSA) is 81.0 Å². The fourth-order valence-corrected chi connectivity index (χ4v) is 3.74. The SMILES string of the molecule is COCCCNS(=O)(=O)C1CON(C)C1c1ccco1. The van der Waals surface area contributed by atoms with Crippen LogP contribution in [0.5, 0.6) is 0 Å². The van der Waals surface area contributed by atoms with Crippen LogP contribution in [-0.4, -0.2) is 52.6 Å². The maximum absolute atomic E-state index is 12.3. The van der Waals surface area contributed by atoms with Gasteiger partial charge in [-0.05, 0) is 18.6 Å². The molecule has 1 aliphatic rings. The summed E-state index contributed by atoms with van der Waals surface area (Å²) in [5.41, 5.74) is 0. The Labute approximate surface area is 118 Å². The van der Waals surface area contributed by atoms with Gasteiger partial charge in [-0.15, -0.1) is 0 Å². The molecule has 0 saturated carbocycles. The first-order valence-electron chi connectivity index (χ1n) is 6.43. The highest BCUT2D eigenvalue weighted by Crippen LogP contribution is 2.33. The molecule has 0 aliphatic carbocycles. The second-order valence-electron chi connectivity index (χ2n) is 4.63. The van der Waals surface area contributed by atoms with Gasteiger partial charge < -0.3 is 9.15 Å². The van der Waals surface area contributed by atoms with Gasteiger partial charge in [0.25, 0.3) is 0 Å². The van der Waals surface area contributed by atoms with E-state index in [4.69, 9.17) is 14.0 Å². The zero-order valence-corrected chi connectivity index (χ0v) is 12.4. The number of ether oxygens (including phenoxy) is 1. The summed E-state index contributed by atoms with van der Waals surface area (Å²) < 4.78 is 37.5. The number of methoxy groups -OCH3 is 1. The molecule has 2 atom stereocenters. The summed E-state index contributed by atoms with van der Waals surface area (Å²) in [6.07, 6.45) is 2.15. The minimum atomic E-state index is -3.48. The van der Waals surface area contributed by atoms with Gasteiger partial charge in [-0.1, -0.05) is 0 Å². The summed E-state index contributed by atoms with van der Waals surface area (Å²) in [7, 11) is -0.194. The molecule has 114 valence electrons. The molecule has 0 aromatic carbocycles. The van der Waals surface area contributed by atoms with E-state index < -0.39 is 21.3 Å². The average Bonchev–Trinajstić information content (AvgIpc) is 3.03. The van der Waals surface area contributed by atoms with Crippen molar-refractivity contribution in [1.29, 1.82) is 0 Å². The summed E-state index contributed by atoms with van der Waals surface area (Å²) in [6, 6.07) is 3.05. The van der Waals surface area contributed by atoms with Crippen molar-refractivity contribution in [2.75, 3.05) is 33.9 Å². The molecule has 7 nitrogen and oxygen atoms in total. The van der Waals surface area contributed by atoms with Crippen LogP contribution in [0.3, 0.4) is 0 Å². The highest BCUT2D eigenvalue weighted by Gasteiger charge is 2.44. The lowest BCUT2D eigenvalue weighted by atomic mass is 10.2. The van der Waals surface area contributed by atoms with Gasteiger partial charge in [-0.2, -0.15) is 5.06 Å². The third-order valence-electron chi connectivity index (χ3n) is 3.25. The van der Waals surface area contributed by atoms with Crippen LogP contribution in [0.25, 0.3) is 0 Å². The third-order valence-corrected chi connectivity index (χ3v) is 5.05. The molecular formula is C12H20N2O5S. The van der Waals surface area contributed by atoms with Crippen molar-refractivity contribution in [2.45, 2.75) is 17.7 Å². The van der Waals surface area contributed by atoms with Gasteiger partial charge in [-0.3, -0.25) is 4.84 Å².